The fourth-order valence-corrected chi connectivity index (χ4v) is 3.46. The van der Waals surface area contributed by atoms with Crippen molar-refractivity contribution in [3.8, 4) is 0 Å². The molecule has 2 unspecified atom stereocenters. The highest BCUT2D eigenvalue weighted by molar-refractivity contribution is 5.28. The van der Waals surface area contributed by atoms with Crippen LogP contribution in [0.25, 0.3) is 0 Å². The van der Waals surface area contributed by atoms with Gasteiger partial charge in [-0.2, -0.15) is 13.2 Å². The molecule has 0 aromatic heterocycles. The van der Waals surface area contributed by atoms with Crippen LogP contribution in [0.3, 0.4) is 0 Å². The lowest BCUT2D eigenvalue weighted by Gasteiger charge is -2.45. The topological polar surface area (TPSA) is 41.5 Å². The minimum Gasteiger partial charge on any atom is -0.389 e. The summed E-state index contributed by atoms with van der Waals surface area (Å²) in [5.41, 5.74) is -2.00. The summed E-state index contributed by atoms with van der Waals surface area (Å²) in [7, 11) is 0. The molecule has 3 rings (SSSR count). The summed E-state index contributed by atoms with van der Waals surface area (Å²) < 4.78 is 57.1. The maximum Gasteiger partial charge on any atom is 0.416 e. The first-order valence-electron chi connectivity index (χ1n) is 7.16. The van der Waals surface area contributed by atoms with Crippen LogP contribution in [0.15, 0.2) is 18.2 Å². The molecule has 22 heavy (non-hydrogen) atoms. The van der Waals surface area contributed by atoms with E-state index >= 15 is 0 Å². The zero-order chi connectivity index (χ0) is 16.0. The van der Waals surface area contributed by atoms with Gasteiger partial charge in [0.25, 0.3) is 0 Å². The lowest BCUT2D eigenvalue weighted by atomic mass is 9.79. The minimum absolute atomic E-state index is 0.00250. The predicted octanol–water partition coefficient (Wildman–Crippen LogP) is 2.27. The molecule has 0 amide bonds. The lowest BCUT2D eigenvalue weighted by Crippen LogP contribution is -2.60. The fourth-order valence-electron chi connectivity index (χ4n) is 3.46. The van der Waals surface area contributed by atoms with Crippen molar-refractivity contribution in [2.45, 2.75) is 43.1 Å². The Balaban J connectivity index is 1.82. The normalized spacial score (nSPS) is 32.0. The molecular weight excluding hydrogens is 302 g/mol. The summed E-state index contributed by atoms with van der Waals surface area (Å²) in [5.74, 6) is -0.939. The fraction of sp³-hybridized carbons (Fsp3) is 0.600. The van der Waals surface area contributed by atoms with E-state index in [0.717, 1.165) is 12.1 Å². The lowest BCUT2D eigenvalue weighted by molar-refractivity contribution is -0.137. The molecule has 2 aliphatic heterocycles. The van der Waals surface area contributed by atoms with Crippen molar-refractivity contribution in [1.82, 2.24) is 5.32 Å². The maximum atomic E-state index is 13.5. The molecule has 2 heterocycles. The number of ether oxygens (including phenoxy) is 1. The van der Waals surface area contributed by atoms with Crippen molar-refractivity contribution in [3.63, 3.8) is 0 Å². The number of hydrogen-bond donors (Lipinski definition) is 2. The zero-order valence-corrected chi connectivity index (χ0v) is 11.8. The van der Waals surface area contributed by atoms with Crippen LogP contribution in [0, 0.1) is 5.82 Å². The Hall–Kier alpha value is -1.18. The van der Waals surface area contributed by atoms with E-state index in [-0.39, 0.29) is 24.1 Å². The van der Waals surface area contributed by atoms with Crippen molar-refractivity contribution in [2.24, 2.45) is 0 Å². The van der Waals surface area contributed by atoms with E-state index in [2.05, 4.69) is 5.32 Å². The van der Waals surface area contributed by atoms with Gasteiger partial charge < -0.3 is 15.2 Å². The van der Waals surface area contributed by atoms with Crippen LogP contribution in [0.1, 0.15) is 24.0 Å². The van der Waals surface area contributed by atoms with Gasteiger partial charge in [0.15, 0.2) is 0 Å². The van der Waals surface area contributed by atoms with Crippen LogP contribution in [-0.4, -0.2) is 36.0 Å². The van der Waals surface area contributed by atoms with Crippen LogP contribution in [0.4, 0.5) is 17.6 Å². The average Bonchev–Trinajstić information content (AvgIpc) is 2.35. The second-order valence-corrected chi connectivity index (χ2v) is 6.25. The smallest absolute Gasteiger partial charge is 0.389 e. The second-order valence-electron chi connectivity index (χ2n) is 6.25. The first-order chi connectivity index (χ1) is 10.2. The summed E-state index contributed by atoms with van der Waals surface area (Å²) in [5, 5.41) is 14.0. The molecule has 1 aromatic carbocycles. The maximum absolute atomic E-state index is 13.5. The molecule has 0 saturated carbocycles. The number of aliphatic hydroxyl groups is 1. The predicted molar refractivity (Wildman–Crippen MR) is 70.8 cm³/mol. The van der Waals surface area contributed by atoms with Gasteiger partial charge in [-0.1, -0.05) is 0 Å². The van der Waals surface area contributed by atoms with Gasteiger partial charge in [0.2, 0.25) is 0 Å². The number of alkyl halides is 3. The Morgan fingerprint density at radius 3 is 2.41 bits per heavy atom. The number of nitrogens with one attached hydrogen (secondary N) is 1. The molecule has 1 aromatic rings. The minimum atomic E-state index is -4.60. The number of morpholine rings is 1. The van der Waals surface area contributed by atoms with E-state index in [0.29, 0.717) is 32.1 Å². The first kappa shape index (κ1) is 15.7. The van der Waals surface area contributed by atoms with Gasteiger partial charge in [0, 0.05) is 18.5 Å². The molecule has 0 spiro atoms. The van der Waals surface area contributed by atoms with Gasteiger partial charge in [-0.05, 0) is 36.6 Å². The zero-order valence-electron chi connectivity index (χ0n) is 11.8. The van der Waals surface area contributed by atoms with E-state index in [1.807, 2.05) is 0 Å². The van der Waals surface area contributed by atoms with Gasteiger partial charge in [0.1, 0.15) is 5.82 Å². The highest BCUT2D eigenvalue weighted by atomic mass is 19.4. The Kier molecular flexibility index (Phi) is 3.91. The van der Waals surface area contributed by atoms with Crippen LogP contribution in [-0.2, 0) is 17.3 Å². The van der Waals surface area contributed by atoms with Gasteiger partial charge in [-0.15, -0.1) is 0 Å². The average molecular weight is 319 g/mol. The summed E-state index contributed by atoms with van der Waals surface area (Å²) >= 11 is 0. The van der Waals surface area contributed by atoms with Crippen molar-refractivity contribution in [1.29, 1.82) is 0 Å². The van der Waals surface area contributed by atoms with Crippen molar-refractivity contribution < 1.29 is 27.4 Å². The van der Waals surface area contributed by atoms with Gasteiger partial charge >= 0.3 is 6.18 Å². The summed E-state index contributed by atoms with van der Waals surface area (Å²) in [6, 6.07) is 2.40. The number of piperidine rings is 1. The first-order valence-corrected chi connectivity index (χ1v) is 7.16. The summed E-state index contributed by atoms with van der Waals surface area (Å²) in [6.45, 7) is 0.936. The van der Waals surface area contributed by atoms with E-state index in [1.54, 1.807) is 0 Å². The molecular formula is C15H17F4NO2. The molecule has 0 aliphatic carbocycles. The number of fused-ring (bicyclic) bond motifs is 2. The van der Waals surface area contributed by atoms with Crippen LogP contribution in [0.2, 0.25) is 0 Å². The van der Waals surface area contributed by atoms with Crippen LogP contribution in [0.5, 0.6) is 0 Å². The van der Waals surface area contributed by atoms with Crippen molar-refractivity contribution >= 4 is 0 Å². The van der Waals surface area contributed by atoms with Crippen molar-refractivity contribution in [3.05, 3.63) is 35.1 Å². The molecule has 2 N–H and O–H groups in total. The molecule has 2 saturated heterocycles. The van der Waals surface area contributed by atoms with E-state index in [1.165, 1.54) is 0 Å². The van der Waals surface area contributed by atoms with Gasteiger partial charge in [-0.3, -0.25) is 0 Å². The molecule has 2 bridgehead atoms. The highest BCUT2D eigenvalue weighted by Gasteiger charge is 2.41. The quantitative estimate of drug-likeness (QED) is 0.822. The summed E-state index contributed by atoms with van der Waals surface area (Å²) in [4.78, 5) is 0. The standard InChI is InChI=1S/C15H17F4NO2/c16-11-2-9(1-10(3-11)15(17,18)19)4-14(21)5-12-7-22-8-13(6-14)20-12/h1-3,12-13,20-21H,4-8H2. The Morgan fingerprint density at radius 1 is 1.18 bits per heavy atom. The molecule has 122 valence electrons. The molecule has 0 radical (unpaired) electrons. The Bertz CT molecular complexity index is 549. The molecule has 2 atom stereocenters. The Labute approximate surface area is 125 Å². The summed E-state index contributed by atoms with van der Waals surface area (Å²) in [6.07, 6.45) is -3.84. The second kappa shape index (κ2) is 5.47. The third-order valence-corrected chi connectivity index (χ3v) is 4.18. The van der Waals surface area contributed by atoms with Crippen LogP contribution < -0.4 is 5.32 Å². The number of hydrogen-bond acceptors (Lipinski definition) is 3. The van der Waals surface area contributed by atoms with Crippen LogP contribution >= 0.6 is 0 Å². The third-order valence-electron chi connectivity index (χ3n) is 4.18. The largest absolute Gasteiger partial charge is 0.416 e. The monoisotopic (exact) mass is 319 g/mol. The number of benzene rings is 1. The van der Waals surface area contributed by atoms with Gasteiger partial charge in [-0.25, -0.2) is 4.39 Å². The molecule has 2 fully saturated rings. The van der Waals surface area contributed by atoms with E-state index in [4.69, 9.17) is 4.74 Å². The van der Waals surface area contributed by atoms with Crippen molar-refractivity contribution in [2.75, 3.05) is 13.2 Å². The molecule has 2 aliphatic rings. The van der Waals surface area contributed by atoms with Gasteiger partial charge in [0.05, 0.1) is 24.4 Å². The SMILES string of the molecule is OC1(Cc2cc(F)cc(C(F)(F)F)c2)CC2COCC(C1)N2. The Morgan fingerprint density at radius 2 is 1.82 bits per heavy atom. The third kappa shape index (κ3) is 3.42. The molecule has 3 nitrogen and oxygen atoms in total. The van der Waals surface area contributed by atoms with E-state index in [9.17, 15) is 22.7 Å². The van der Waals surface area contributed by atoms with E-state index < -0.39 is 23.2 Å². The number of halogens is 4. The number of rotatable bonds is 2. The highest BCUT2D eigenvalue weighted by Crippen LogP contribution is 2.34. The molecule has 7 heteroatoms.